The summed E-state index contributed by atoms with van der Waals surface area (Å²) in [5.41, 5.74) is 0.819. The van der Waals surface area contributed by atoms with E-state index >= 15 is 0 Å². The standard InChI is InChI=1S/C14H31P/c1-3-4-5-6-7-8-9-10-11-12-13-14(2)15/h14H,3-13,15H2,1-2H3. The van der Waals surface area contributed by atoms with Gasteiger partial charge in [-0.15, -0.1) is 9.24 Å². The summed E-state index contributed by atoms with van der Waals surface area (Å²) in [4.78, 5) is 0. The van der Waals surface area contributed by atoms with Crippen LogP contribution in [-0.2, 0) is 0 Å². The van der Waals surface area contributed by atoms with Gasteiger partial charge < -0.3 is 0 Å². The van der Waals surface area contributed by atoms with Gasteiger partial charge in [-0.25, -0.2) is 0 Å². The van der Waals surface area contributed by atoms with Gasteiger partial charge in [0.2, 0.25) is 0 Å². The summed E-state index contributed by atoms with van der Waals surface area (Å²) in [7, 11) is 2.89. The number of hydrogen-bond donors (Lipinski definition) is 0. The smallest absolute Gasteiger partial charge is 0.0293 e. The minimum Gasteiger partial charge on any atom is -0.135 e. The van der Waals surface area contributed by atoms with Crippen molar-refractivity contribution in [2.75, 3.05) is 0 Å². The molecule has 92 valence electrons. The topological polar surface area (TPSA) is 0 Å². The Morgan fingerprint density at radius 2 is 1.13 bits per heavy atom. The highest BCUT2D eigenvalue weighted by atomic mass is 31.0. The number of hydrogen-bond acceptors (Lipinski definition) is 0. The molecule has 0 spiro atoms. The minimum absolute atomic E-state index is 0.819. The molecule has 0 saturated heterocycles. The Bertz CT molecular complexity index is 110. The average Bonchev–Trinajstić information content (AvgIpc) is 2.20. The summed E-state index contributed by atoms with van der Waals surface area (Å²) < 4.78 is 0. The zero-order valence-corrected chi connectivity index (χ0v) is 12.1. The van der Waals surface area contributed by atoms with E-state index in [2.05, 4.69) is 23.1 Å². The molecule has 0 heterocycles. The van der Waals surface area contributed by atoms with E-state index in [9.17, 15) is 0 Å². The Kier molecular flexibility index (Phi) is 12.9. The first-order chi connectivity index (χ1) is 7.27. The van der Waals surface area contributed by atoms with Crippen LogP contribution in [0.25, 0.3) is 0 Å². The summed E-state index contributed by atoms with van der Waals surface area (Å²) in [5, 5.41) is 0. The van der Waals surface area contributed by atoms with Crippen LogP contribution in [0.4, 0.5) is 0 Å². The van der Waals surface area contributed by atoms with Gasteiger partial charge in [0.15, 0.2) is 0 Å². The molecule has 1 heteroatoms. The van der Waals surface area contributed by atoms with Gasteiger partial charge in [-0.05, 0) is 12.1 Å². The Balaban J connectivity index is 2.87. The van der Waals surface area contributed by atoms with Gasteiger partial charge in [0, 0.05) is 0 Å². The summed E-state index contributed by atoms with van der Waals surface area (Å²) in [6.07, 6.45) is 15.9. The van der Waals surface area contributed by atoms with Crippen LogP contribution in [0.1, 0.15) is 84.5 Å². The van der Waals surface area contributed by atoms with Crippen molar-refractivity contribution in [3.8, 4) is 0 Å². The lowest BCUT2D eigenvalue weighted by Gasteiger charge is -2.04. The molecule has 0 radical (unpaired) electrons. The first kappa shape index (κ1) is 15.4. The molecule has 0 N–H and O–H groups in total. The maximum Gasteiger partial charge on any atom is -0.0293 e. The van der Waals surface area contributed by atoms with Crippen molar-refractivity contribution in [1.82, 2.24) is 0 Å². The van der Waals surface area contributed by atoms with Crippen LogP contribution in [0.15, 0.2) is 0 Å². The van der Waals surface area contributed by atoms with Crippen LogP contribution in [0, 0.1) is 0 Å². The van der Waals surface area contributed by atoms with Gasteiger partial charge >= 0.3 is 0 Å². The summed E-state index contributed by atoms with van der Waals surface area (Å²) in [6, 6.07) is 0. The lowest BCUT2D eigenvalue weighted by molar-refractivity contribution is 0.549. The molecular formula is C14H31P. The molecule has 15 heavy (non-hydrogen) atoms. The van der Waals surface area contributed by atoms with Crippen LogP contribution < -0.4 is 0 Å². The van der Waals surface area contributed by atoms with Crippen molar-refractivity contribution in [3.05, 3.63) is 0 Å². The SMILES string of the molecule is CCCCCCCCCCCCC(C)P. The minimum atomic E-state index is 0.819. The zero-order valence-electron chi connectivity index (χ0n) is 10.9. The van der Waals surface area contributed by atoms with Crippen LogP contribution in [0.2, 0.25) is 0 Å². The van der Waals surface area contributed by atoms with Gasteiger partial charge in [0.05, 0.1) is 0 Å². The Hall–Kier alpha value is 0.430. The van der Waals surface area contributed by atoms with Gasteiger partial charge in [0.1, 0.15) is 0 Å². The average molecular weight is 230 g/mol. The van der Waals surface area contributed by atoms with Gasteiger partial charge in [-0.1, -0.05) is 78.1 Å². The van der Waals surface area contributed by atoms with Crippen LogP contribution in [-0.4, -0.2) is 5.66 Å². The maximum absolute atomic E-state index is 2.89. The molecule has 0 saturated carbocycles. The molecule has 2 atom stereocenters. The molecule has 0 nitrogen and oxygen atoms in total. The van der Waals surface area contributed by atoms with Crippen molar-refractivity contribution in [2.45, 2.75) is 90.1 Å². The lowest BCUT2D eigenvalue weighted by Crippen LogP contribution is -1.89. The van der Waals surface area contributed by atoms with Crippen molar-refractivity contribution < 1.29 is 0 Å². The Morgan fingerprint density at radius 3 is 1.53 bits per heavy atom. The number of unbranched alkanes of at least 4 members (excludes halogenated alkanes) is 9. The van der Waals surface area contributed by atoms with E-state index in [-0.39, 0.29) is 0 Å². The second-order valence-corrected chi connectivity index (χ2v) is 6.09. The molecule has 0 amide bonds. The third kappa shape index (κ3) is 14.4. The third-order valence-corrected chi connectivity index (χ3v) is 3.35. The highest BCUT2D eigenvalue weighted by Crippen LogP contribution is 2.13. The largest absolute Gasteiger partial charge is 0.135 e. The molecule has 0 aliphatic rings. The molecule has 0 aromatic rings. The zero-order chi connectivity index (χ0) is 11.4. The molecule has 0 rings (SSSR count). The molecule has 0 aliphatic carbocycles. The highest BCUT2D eigenvalue weighted by molar-refractivity contribution is 7.17. The molecule has 2 unspecified atom stereocenters. The van der Waals surface area contributed by atoms with E-state index < -0.39 is 0 Å². The van der Waals surface area contributed by atoms with Crippen molar-refractivity contribution in [1.29, 1.82) is 0 Å². The van der Waals surface area contributed by atoms with E-state index in [1.54, 1.807) is 0 Å². The molecule has 0 aliphatic heterocycles. The van der Waals surface area contributed by atoms with Gasteiger partial charge in [0.25, 0.3) is 0 Å². The molecule has 0 aromatic carbocycles. The van der Waals surface area contributed by atoms with E-state index in [0.717, 1.165) is 5.66 Å². The summed E-state index contributed by atoms with van der Waals surface area (Å²) >= 11 is 0. The molecule has 0 fully saturated rings. The van der Waals surface area contributed by atoms with Gasteiger partial charge in [-0.3, -0.25) is 0 Å². The van der Waals surface area contributed by atoms with E-state index in [1.165, 1.54) is 70.6 Å². The third-order valence-electron chi connectivity index (χ3n) is 3.01. The predicted octanol–water partition coefficient (Wildman–Crippen LogP) is 5.56. The van der Waals surface area contributed by atoms with Crippen molar-refractivity contribution in [3.63, 3.8) is 0 Å². The second kappa shape index (κ2) is 12.5. The van der Waals surface area contributed by atoms with Crippen molar-refractivity contribution >= 4 is 9.24 Å². The predicted molar refractivity (Wildman–Crippen MR) is 75.6 cm³/mol. The second-order valence-electron chi connectivity index (χ2n) is 4.95. The van der Waals surface area contributed by atoms with Crippen LogP contribution >= 0.6 is 9.24 Å². The Morgan fingerprint density at radius 1 is 0.733 bits per heavy atom. The normalized spacial score (nSPS) is 13.0. The monoisotopic (exact) mass is 230 g/mol. The van der Waals surface area contributed by atoms with Crippen molar-refractivity contribution in [2.24, 2.45) is 0 Å². The maximum atomic E-state index is 2.89. The Labute approximate surface area is 99.8 Å². The molecule has 0 bridgehead atoms. The number of rotatable bonds is 11. The summed E-state index contributed by atoms with van der Waals surface area (Å²) in [5.74, 6) is 0. The van der Waals surface area contributed by atoms with E-state index in [1.807, 2.05) is 0 Å². The first-order valence-corrected chi connectivity index (χ1v) is 7.69. The van der Waals surface area contributed by atoms with E-state index in [0.29, 0.717) is 0 Å². The molecule has 0 aromatic heterocycles. The quantitative estimate of drug-likeness (QED) is 0.322. The highest BCUT2D eigenvalue weighted by Gasteiger charge is 1.95. The fourth-order valence-corrected chi connectivity index (χ4v) is 2.19. The lowest BCUT2D eigenvalue weighted by atomic mass is 10.1. The first-order valence-electron chi connectivity index (χ1n) is 7.03. The van der Waals surface area contributed by atoms with Gasteiger partial charge in [-0.2, -0.15) is 0 Å². The fraction of sp³-hybridized carbons (Fsp3) is 1.00. The fourth-order valence-electron chi connectivity index (χ4n) is 1.95. The molecular weight excluding hydrogens is 199 g/mol. The van der Waals surface area contributed by atoms with Crippen LogP contribution in [0.3, 0.4) is 0 Å². The summed E-state index contributed by atoms with van der Waals surface area (Å²) in [6.45, 7) is 4.57. The van der Waals surface area contributed by atoms with Crippen LogP contribution in [0.5, 0.6) is 0 Å². The van der Waals surface area contributed by atoms with E-state index in [4.69, 9.17) is 0 Å².